The molecule has 0 atom stereocenters. The van der Waals surface area contributed by atoms with Crippen LogP contribution in [0.2, 0.25) is 0 Å². The van der Waals surface area contributed by atoms with Gasteiger partial charge in [0.15, 0.2) is 0 Å². The van der Waals surface area contributed by atoms with Crippen molar-refractivity contribution in [2.24, 2.45) is 0 Å². The summed E-state index contributed by atoms with van der Waals surface area (Å²) in [5.74, 6) is 0.165. The van der Waals surface area contributed by atoms with Gasteiger partial charge in [-0.3, -0.25) is 4.79 Å². The summed E-state index contributed by atoms with van der Waals surface area (Å²) in [5.41, 5.74) is 4.09. The summed E-state index contributed by atoms with van der Waals surface area (Å²) in [4.78, 5) is 13.0. The first-order valence-corrected chi connectivity index (χ1v) is 6.22. The molecule has 1 amide bonds. The molecule has 0 saturated heterocycles. The van der Waals surface area contributed by atoms with Crippen LogP contribution in [0.5, 0.6) is 0 Å². The normalized spacial score (nSPS) is 13.3. The fourth-order valence-corrected chi connectivity index (χ4v) is 2.22. The molecular formula is C14H20N2O. The molecule has 0 saturated carbocycles. The van der Waals surface area contributed by atoms with E-state index in [1.807, 2.05) is 0 Å². The molecule has 2 rings (SSSR count). The largest absolute Gasteiger partial charge is 0.385 e. The Labute approximate surface area is 103 Å². The van der Waals surface area contributed by atoms with Crippen molar-refractivity contribution in [1.29, 1.82) is 0 Å². The third kappa shape index (κ3) is 2.99. The van der Waals surface area contributed by atoms with Gasteiger partial charge in [0.25, 0.3) is 0 Å². The number of amides is 1. The number of fused-ring (bicyclic) bond motifs is 1. The van der Waals surface area contributed by atoms with Gasteiger partial charge in [-0.2, -0.15) is 0 Å². The summed E-state index contributed by atoms with van der Waals surface area (Å²) in [6.07, 6.45) is 4.23. The van der Waals surface area contributed by atoms with Gasteiger partial charge in [0.1, 0.15) is 0 Å². The molecule has 0 spiro atoms. The van der Waals surface area contributed by atoms with Crippen LogP contribution < -0.4 is 5.32 Å². The summed E-state index contributed by atoms with van der Waals surface area (Å²) >= 11 is 0. The molecule has 0 unspecified atom stereocenters. The van der Waals surface area contributed by atoms with Crippen molar-refractivity contribution in [3.8, 4) is 0 Å². The number of carbonyl (C=O) groups excluding carboxylic acids is 1. The molecule has 0 aliphatic heterocycles. The Kier molecular flexibility index (Phi) is 3.67. The third-order valence-corrected chi connectivity index (χ3v) is 3.27. The van der Waals surface area contributed by atoms with E-state index in [1.54, 1.807) is 19.0 Å². The smallest absolute Gasteiger partial charge is 0.223 e. The minimum absolute atomic E-state index is 0.165. The molecule has 17 heavy (non-hydrogen) atoms. The van der Waals surface area contributed by atoms with Crippen molar-refractivity contribution in [1.82, 2.24) is 4.90 Å². The van der Waals surface area contributed by atoms with Crippen molar-refractivity contribution in [2.75, 3.05) is 26.0 Å². The van der Waals surface area contributed by atoms with Gasteiger partial charge in [0.2, 0.25) is 5.91 Å². The minimum Gasteiger partial charge on any atom is -0.385 e. The van der Waals surface area contributed by atoms with Crippen LogP contribution in [0.3, 0.4) is 0 Å². The van der Waals surface area contributed by atoms with E-state index in [9.17, 15) is 4.79 Å². The van der Waals surface area contributed by atoms with Crippen LogP contribution in [0.15, 0.2) is 18.2 Å². The van der Waals surface area contributed by atoms with E-state index in [-0.39, 0.29) is 5.91 Å². The average Bonchev–Trinajstić information content (AvgIpc) is 2.75. The number of nitrogens with one attached hydrogen (secondary N) is 1. The molecule has 1 N–H and O–H groups in total. The molecule has 1 aromatic carbocycles. The highest BCUT2D eigenvalue weighted by molar-refractivity contribution is 5.76. The summed E-state index contributed by atoms with van der Waals surface area (Å²) < 4.78 is 0. The molecule has 1 aliphatic carbocycles. The molecule has 1 aliphatic rings. The lowest BCUT2D eigenvalue weighted by atomic mass is 10.1. The molecule has 1 aromatic rings. The maximum atomic E-state index is 11.4. The lowest BCUT2D eigenvalue weighted by Crippen LogP contribution is -2.23. The molecule has 3 nitrogen and oxygen atoms in total. The SMILES string of the molecule is CN(C)C(=O)CCNc1ccc2c(c1)CCC2. The van der Waals surface area contributed by atoms with Crippen LogP contribution in [0.4, 0.5) is 5.69 Å². The van der Waals surface area contributed by atoms with E-state index >= 15 is 0 Å². The number of rotatable bonds is 4. The number of carbonyl (C=O) groups is 1. The predicted molar refractivity (Wildman–Crippen MR) is 70.3 cm³/mol. The maximum Gasteiger partial charge on any atom is 0.223 e. The quantitative estimate of drug-likeness (QED) is 0.862. The van der Waals surface area contributed by atoms with Crippen molar-refractivity contribution in [3.63, 3.8) is 0 Å². The Hall–Kier alpha value is -1.51. The highest BCUT2D eigenvalue weighted by Gasteiger charge is 2.10. The average molecular weight is 232 g/mol. The number of nitrogens with zero attached hydrogens (tertiary/aromatic N) is 1. The van der Waals surface area contributed by atoms with Crippen LogP contribution in [0, 0.1) is 0 Å². The van der Waals surface area contributed by atoms with Crippen LogP contribution in [0.1, 0.15) is 24.0 Å². The number of aryl methyl sites for hydroxylation is 2. The Bertz CT molecular complexity index is 413. The fourth-order valence-electron chi connectivity index (χ4n) is 2.22. The lowest BCUT2D eigenvalue weighted by molar-refractivity contribution is -0.128. The summed E-state index contributed by atoms with van der Waals surface area (Å²) in [7, 11) is 3.58. The molecule has 0 bridgehead atoms. The van der Waals surface area contributed by atoms with Crippen LogP contribution >= 0.6 is 0 Å². The molecule has 0 aromatic heterocycles. The monoisotopic (exact) mass is 232 g/mol. The van der Waals surface area contributed by atoms with E-state index in [2.05, 4.69) is 23.5 Å². The lowest BCUT2D eigenvalue weighted by Gasteiger charge is -2.11. The van der Waals surface area contributed by atoms with Crippen LogP contribution in [0.25, 0.3) is 0 Å². The first-order chi connectivity index (χ1) is 8.16. The van der Waals surface area contributed by atoms with Gasteiger partial charge < -0.3 is 10.2 Å². The Morgan fingerprint density at radius 2 is 2.06 bits per heavy atom. The molecule has 92 valence electrons. The Morgan fingerprint density at radius 1 is 1.29 bits per heavy atom. The van der Waals surface area contributed by atoms with Crippen molar-refractivity contribution in [2.45, 2.75) is 25.7 Å². The highest BCUT2D eigenvalue weighted by Crippen LogP contribution is 2.24. The minimum atomic E-state index is 0.165. The molecule has 0 heterocycles. The van der Waals surface area contributed by atoms with Gasteiger partial charge in [-0.25, -0.2) is 0 Å². The fraction of sp³-hybridized carbons (Fsp3) is 0.500. The molecule has 0 fully saturated rings. The van der Waals surface area contributed by atoms with Gasteiger partial charge in [0.05, 0.1) is 0 Å². The zero-order valence-corrected chi connectivity index (χ0v) is 10.6. The van der Waals surface area contributed by atoms with Gasteiger partial charge in [-0.05, 0) is 42.5 Å². The summed E-state index contributed by atoms with van der Waals surface area (Å²) in [5, 5.41) is 3.31. The summed E-state index contributed by atoms with van der Waals surface area (Å²) in [6, 6.07) is 6.55. The number of hydrogen-bond donors (Lipinski definition) is 1. The maximum absolute atomic E-state index is 11.4. The molecule has 3 heteroatoms. The van der Waals surface area contributed by atoms with E-state index in [1.165, 1.54) is 30.4 Å². The highest BCUT2D eigenvalue weighted by atomic mass is 16.2. The van der Waals surface area contributed by atoms with Gasteiger partial charge >= 0.3 is 0 Å². The van der Waals surface area contributed by atoms with Crippen molar-refractivity contribution < 1.29 is 4.79 Å². The topological polar surface area (TPSA) is 32.3 Å². The van der Waals surface area contributed by atoms with E-state index in [0.717, 1.165) is 5.69 Å². The van der Waals surface area contributed by atoms with Crippen molar-refractivity contribution >= 4 is 11.6 Å². The number of benzene rings is 1. The second-order valence-electron chi connectivity index (χ2n) is 4.80. The van der Waals surface area contributed by atoms with Gasteiger partial charge in [-0.15, -0.1) is 0 Å². The van der Waals surface area contributed by atoms with E-state index < -0.39 is 0 Å². The third-order valence-electron chi connectivity index (χ3n) is 3.27. The molecule has 0 radical (unpaired) electrons. The zero-order chi connectivity index (χ0) is 12.3. The predicted octanol–water partition coefficient (Wildman–Crippen LogP) is 2.07. The number of anilines is 1. The molecular weight excluding hydrogens is 212 g/mol. The van der Waals surface area contributed by atoms with Crippen molar-refractivity contribution in [3.05, 3.63) is 29.3 Å². The van der Waals surface area contributed by atoms with E-state index in [4.69, 9.17) is 0 Å². The van der Waals surface area contributed by atoms with Crippen LogP contribution in [-0.4, -0.2) is 31.4 Å². The second-order valence-corrected chi connectivity index (χ2v) is 4.80. The van der Waals surface area contributed by atoms with E-state index in [0.29, 0.717) is 13.0 Å². The summed E-state index contributed by atoms with van der Waals surface area (Å²) in [6.45, 7) is 0.704. The number of hydrogen-bond acceptors (Lipinski definition) is 2. The second kappa shape index (κ2) is 5.21. The Balaban J connectivity index is 1.85. The Morgan fingerprint density at radius 3 is 2.82 bits per heavy atom. The van der Waals surface area contributed by atoms with Gasteiger partial charge in [-0.1, -0.05) is 6.07 Å². The van der Waals surface area contributed by atoms with Crippen LogP contribution in [-0.2, 0) is 17.6 Å². The first-order valence-electron chi connectivity index (χ1n) is 6.22. The standard InChI is InChI=1S/C14H20N2O/c1-16(2)14(17)8-9-15-13-7-6-11-4-3-5-12(11)10-13/h6-7,10,15H,3-5,8-9H2,1-2H3. The first kappa shape index (κ1) is 12.0. The van der Waals surface area contributed by atoms with Gasteiger partial charge in [0, 0.05) is 32.7 Å². The zero-order valence-electron chi connectivity index (χ0n) is 10.6.